The molecular formula is C19H20ClN3O4. The number of fused-ring (bicyclic) bond motifs is 1. The van der Waals surface area contributed by atoms with Crippen molar-refractivity contribution in [2.24, 2.45) is 0 Å². The fraction of sp³-hybridized carbons (Fsp3) is 0.368. The molecule has 1 fully saturated rings. The third kappa shape index (κ3) is 2.92. The van der Waals surface area contributed by atoms with Crippen molar-refractivity contribution in [2.45, 2.75) is 44.0 Å². The van der Waals surface area contributed by atoms with Crippen LogP contribution >= 0.6 is 11.6 Å². The summed E-state index contributed by atoms with van der Waals surface area (Å²) in [5, 5.41) is 33.7. The van der Waals surface area contributed by atoms with Gasteiger partial charge in [0.1, 0.15) is 35.9 Å². The van der Waals surface area contributed by atoms with Gasteiger partial charge in [0.2, 0.25) is 0 Å². The Balaban J connectivity index is 1.71. The molecule has 142 valence electrons. The average Bonchev–Trinajstić information content (AvgIpc) is 3.15. The van der Waals surface area contributed by atoms with Gasteiger partial charge >= 0.3 is 0 Å². The third-order valence-electron chi connectivity index (χ3n) is 5.19. The fourth-order valence-electron chi connectivity index (χ4n) is 3.60. The molecule has 4 rings (SSSR count). The maximum atomic E-state index is 10.9. The van der Waals surface area contributed by atoms with E-state index < -0.39 is 30.1 Å². The number of aryl methyl sites for hydroxylation is 1. The lowest BCUT2D eigenvalue weighted by Gasteiger charge is -2.29. The van der Waals surface area contributed by atoms with E-state index in [0.717, 1.165) is 11.1 Å². The summed E-state index contributed by atoms with van der Waals surface area (Å²) in [6.07, 6.45) is -1.25. The Bertz CT molecular complexity index is 990. The number of benzene rings is 1. The van der Waals surface area contributed by atoms with Gasteiger partial charge in [0.15, 0.2) is 6.23 Å². The molecule has 27 heavy (non-hydrogen) atoms. The van der Waals surface area contributed by atoms with Crippen LogP contribution in [0.4, 0.5) is 0 Å². The van der Waals surface area contributed by atoms with Crippen LogP contribution in [0.5, 0.6) is 0 Å². The highest BCUT2D eigenvalue weighted by atomic mass is 35.5. The molecule has 0 saturated carbocycles. The summed E-state index contributed by atoms with van der Waals surface area (Å²) in [6, 6.07) is 8.52. The van der Waals surface area contributed by atoms with Crippen LogP contribution in [-0.2, 0) is 4.74 Å². The minimum atomic E-state index is -1.69. The fourth-order valence-corrected chi connectivity index (χ4v) is 3.80. The lowest BCUT2D eigenvalue weighted by molar-refractivity contribution is -0.115. The van der Waals surface area contributed by atoms with E-state index in [-0.39, 0.29) is 0 Å². The van der Waals surface area contributed by atoms with Crippen molar-refractivity contribution in [3.63, 3.8) is 0 Å². The average molecular weight is 390 g/mol. The van der Waals surface area contributed by atoms with Crippen LogP contribution in [0.25, 0.3) is 11.0 Å². The Kier molecular flexibility index (Phi) is 4.44. The molecule has 0 radical (unpaired) electrons. The van der Waals surface area contributed by atoms with Crippen molar-refractivity contribution in [2.75, 3.05) is 0 Å². The molecule has 3 N–H and O–H groups in total. The van der Waals surface area contributed by atoms with E-state index in [2.05, 4.69) is 9.97 Å². The van der Waals surface area contributed by atoms with Gasteiger partial charge in [0.05, 0.1) is 5.69 Å². The number of ether oxygens (including phenoxy) is 1. The van der Waals surface area contributed by atoms with Gasteiger partial charge in [-0.25, -0.2) is 9.97 Å². The molecule has 0 aliphatic carbocycles. The second kappa shape index (κ2) is 6.54. The monoisotopic (exact) mass is 389 g/mol. The first-order valence-electron chi connectivity index (χ1n) is 8.58. The van der Waals surface area contributed by atoms with Gasteiger partial charge in [-0.1, -0.05) is 23.7 Å². The topological polar surface area (TPSA) is 101 Å². The van der Waals surface area contributed by atoms with Crippen molar-refractivity contribution in [1.82, 2.24) is 14.5 Å². The van der Waals surface area contributed by atoms with E-state index in [9.17, 15) is 15.3 Å². The predicted molar refractivity (Wildman–Crippen MR) is 99.2 cm³/mol. The zero-order valence-corrected chi connectivity index (χ0v) is 15.6. The maximum absolute atomic E-state index is 10.9. The Morgan fingerprint density at radius 1 is 1.30 bits per heavy atom. The Hall–Kier alpha value is -2.03. The van der Waals surface area contributed by atoms with Crippen molar-refractivity contribution < 1.29 is 20.1 Å². The van der Waals surface area contributed by atoms with Gasteiger partial charge in [0, 0.05) is 16.6 Å². The summed E-state index contributed by atoms with van der Waals surface area (Å²) in [4.78, 5) is 8.42. The molecule has 3 aromatic rings. The summed E-state index contributed by atoms with van der Waals surface area (Å²) in [5.74, 6) is 0. The molecule has 7 nitrogen and oxygen atoms in total. The summed E-state index contributed by atoms with van der Waals surface area (Å²) >= 11 is 6.00. The van der Waals surface area contributed by atoms with Crippen LogP contribution < -0.4 is 0 Å². The highest BCUT2D eigenvalue weighted by molar-refractivity contribution is 6.30. The first-order valence-corrected chi connectivity index (χ1v) is 8.96. The molecule has 1 aliphatic heterocycles. The summed E-state index contributed by atoms with van der Waals surface area (Å²) in [5.41, 5.74) is 0.190. The summed E-state index contributed by atoms with van der Waals surface area (Å²) < 4.78 is 7.59. The normalized spacial score (nSPS) is 29.3. The molecule has 0 bridgehead atoms. The van der Waals surface area contributed by atoms with Gasteiger partial charge in [-0.15, -0.1) is 0 Å². The Morgan fingerprint density at radius 3 is 2.81 bits per heavy atom. The van der Waals surface area contributed by atoms with E-state index in [0.29, 0.717) is 16.2 Å². The minimum Gasteiger partial charge on any atom is -0.386 e. The number of nitrogens with zero attached hydrogens (tertiary/aromatic N) is 3. The summed E-state index contributed by atoms with van der Waals surface area (Å²) in [6.45, 7) is 3.31. The second-order valence-electron chi connectivity index (χ2n) is 7.04. The van der Waals surface area contributed by atoms with E-state index in [1.807, 2.05) is 13.0 Å². The molecule has 0 amide bonds. The molecule has 0 spiro atoms. The number of halogens is 1. The highest BCUT2D eigenvalue weighted by Gasteiger charge is 2.55. The molecule has 1 aliphatic rings. The van der Waals surface area contributed by atoms with Crippen LogP contribution in [-0.4, -0.2) is 47.7 Å². The standard InChI is InChI=1S/C19H20ClN3O4/c1-10-13-6-7-23(17(13)22-9-21-10)18-15(25)19(2,26)16(27-18)14(24)11-4-3-5-12(20)8-11/h3-9,14-16,18,24-26H,1-2H3/t14-,15-,16+,18+,19-/m0/s1. The zero-order chi connectivity index (χ0) is 19.3. The molecule has 2 aromatic heterocycles. The highest BCUT2D eigenvalue weighted by Crippen LogP contribution is 2.43. The molecule has 1 saturated heterocycles. The third-order valence-corrected chi connectivity index (χ3v) is 5.43. The Morgan fingerprint density at radius 2 is 2.07 bits per heavy atom. The lowest BCUT2D eigenvalue weighted by Crippen LogP contribution is -2.47. The molecule has 3 heterocycles. The quantitative estimate of drug-likeness (QED) is 0.634. The van der Waals surface area contributed by atoms with Crippen molar-refractivity contribution in [3.8, 4) is 0 Å². The van der Waals surface area contributed by atoms with Crippen LogP contribution in [0, 0.1) is 6.92 Å². The van der Waals surface area contributed by atoms with Crippen molar-refractivity contribution in [3.05, 3.63) is 59.1 Å². The van der Waals surface area contributed by atoms with Crippen LogP contribution in [0.1, 0.15) is 30.5 Å². The SMILES string of the molecule is Cc1ncnc2c1ccn2[C@@H]1O[C@H]([C@@H](O)c2cccc(Cl)c2)[C@@](C)(O)[C@H]1O. The number of rotatable bonds is 3. The lowest BCUT2D eigenvalue weighted by atomic mass is 9.88. The number of aliphatic hydroxyl groups is 3. The van der Waals surface area contributed by atoms with Gasteiger partial charge in [-0.05, 0) is 37.6 Å². The second-order valence-corrected chi connectivity index (χ2v) is 7.47. The molecule has 8 heteroatoms. The molecular weight excluding hydrogens is 370 g/mol. The maximum Gasteiger partial charge on any atom is 0.164 e. The molecule has 5 atom stereocenters. The molecule has 1 aromatic carbocycles. The van der Waals surface area contributed by atoms with E-state index in [1.54, 1.807) is 35.0 Å². The Labute approximate surface area is 160 Å². The van der Waals surface area contributed by atoms with E-state index >= 15 is 0 Å². The number of hydrogen-bond acceptors (Lipinski definition) is 6. The predicted octanol–water partition coefficient (Wildman–Crippen LogP) is 2.14. The van der Waals surface area contributed by atoms with E-state index in [4.69, 9.17) is 16.3 Å². The molecule has 0 unspecified atom stereocenters. The largest absolute Gasteiger partial charge is 0.386 e. The smallest absolute Gasteiger partial charge is 0.164 e. The van der Waals surface area contributed by atoms with Crippen molar-refractivity contribution >= 4 is 22.6 Å². The van der Waals surface area contributed by atoms with Crippen LogP contribution in [0.2, 0.25) is 5.02 Å². The first-order chi connectivity index (χ1) is 12.8. The van der Waals surface area contributed by atoms with Gasteiger partial charge in [0.25, 0.3) is 0 Å². The van der Waals surface area contributed by atoms with E-state index in [1.165, 1.54) is 13.3 Å². The number of aromatic nitrogens is 3. The van der Waals surface area contributed by atoms with Gasteiger partial charge in [-0.2, -0.15) is 0 Å². The minimum absolute atomic E-state index is 0.463. The number of aliphatic hydroxyl groups excluding tert-OH is 2. The first kappa shape index (κ1) is 18.3. The van der Waals surface area contributed by atoms with Gasteiger partial charge in [-0.3, -0.25) is 0 Å². The van der Waals surface area contributed by atoms with Crippen molar-refractivity contribution in [1.29, 1.82) is 0 Å². The van der Waals surface area contributed by atoms with Crippen LogP contribution in [0.15, 0.2) is 42.9 Å². The van der Waals surface area contributed by atoms with Gasteiger partial charge < -0.3 is 24.6 Å². The zero-order valence-electron chi connectivity index (χ0n) is 14.8. The summed E-state index contributed by atoms with van der Waals surface area (Å²) in [7, 11) is 0. The number of hydrogen-bond donors (Lipinski definition) is 3. The van der Waals surface area contributed by atoms with Crippen LogP contribution in [0.3, 0.4) is 0 Å².